The number of hydrogen-bond donors (Lipinski definition) is 1. The van der Waals surface area contributed by atoms with E-state index >= 15 is 0 Å². The van der Waals surface area contributed by atoms with Crippen LogP contribution in [0.3, 0.4) is 0 Å². The molecule has 0 aliphatic carbocycles. The molecule has 1 aromatic rings. The van der Waals surface area contributed by atoms with Gasteiger partial charge in [-0.1, -0.05) is 19.8 Å². The third-order valence-corrected chi connectivity index (χ3v) is 4.28. The predicted octanol–water partition coefficient (Wildman–Crippen LogP) is 2.68. The van der Waals surface area contributed by atoms with Gasteiger partial charge in [0.1, 0.15) is 11.5 Å². The molecule has 1 aliphatic rings. The highest BCUT2D eigenvalue weighted by Gasteiger charge is 2.34. The van der Waals surface area contributed by atoms with E-state index in [0.717, 1.165) is 25.8 Å². The zero-order valence-electron chi connectivity index (χ0n) is 14.6. The Hall–Kier alpha value is -2.24. The van der Waals surface area contributed by atoms with E-state index in [4.69, 9.17) is 9.47 Å². The monoisotopic (exact) mass is 334 g/mol. The molecule has 1 saturated heterocycles. The topological polar surface area (TPSA) is 67.9 Å². The lowest BCUT2D eigenvalue weighted by atomic mass is 10.1. The van der Waals surface area contributed by atoms with Gasteiger partial charge in [-0.15, -0.1) is 0 Å². The van der Waals surface area contributed by atoms with Gasteiger partial charge in [-0.3, -0.25) is 9.59 Å². The van der Waals surface area contributed by atoms with Gasteiger partial charge in [-0.05, 0) is 18.6 Å². The van der Waals surface area contributed by atoms with E-state index in [1.54, 1.807) is 37.3 Å². The van der Waals surface area contributed by atoms with Gasteiger partial charge in [0.05, 0.1) is 25.8 Å². The fraction of sp³-hybridized carbons (Fsp3) is 0.556. The molecular formula is C18H26N2O4. The molecule has 0 radical (unpaired) electrons. The van der Waals surface area contributed by atoms with Crippen molar-refractivity contribution in [2.45, 2.75) is 32.6 Å². The minimum Gasteiger partial charge on any atom is -0.497 e. The summed E-state index contributed by atoms with van der Waals surface area (Å²) < 4.78 is 10.4. The lowest BCUT2D eigenvalue weighted by Crippen LogP contribution is -2.29. The number of methoxy groups -OCH3 is 2. The summed E-state index contributed by atoms with van der Waals surface area (Å²) in [6, 6.07) is 5.22. The second kappa shape index (κ2) is 8.57. The number of likely N-dealkylation sites (tertiary alicyclic amines) is 1. The van der Waals surface area contributed by atoms with E-state index in [1.165, 1.54) is 0 Å². The Balaban J connectivity index is 1.99. The summed E-state index contributed by atoms with van der Waals surface area (Å²) in [5, 5.41) is 2.86. The Morgan fingerprint density at radius 2 is 2.08 bits per heavy atom. The van der Waals surface area contributed by atoms with Crippen LogP contribution in [-0.2, 0) is 9.59 Å². The van der Waals surface area contributed by atoms with Gasteiger partial charge >= 0.3 is 0 Å². The summed E-state index contributed by atoms with van der Waals surface area (Å²) in [6.45, 7) is 3.35. The van der Waals surface area contributed by atoms with E-state index in [-0.39, 0.29) is 24.2 Å². The van der Waals surface area contributed by atoms with Crippen LogP contribution in [0.4, 0.5) is 5.69 Å². The highest BCUT2D eigenvalue weighted by molar-refractivity contribution is 5.98. The normalized spacial score (nSPS) is 17.0. The number of carbonyl (C=O) groups excluding carboxylic acids is 2. The van der Waals surface area contributed by atoms with Crippen molar-refractivity contribution in [1.29, 1.82) is 0 Å². The molecule has 1 fully saturated rings. The first-order valence-electron chi connectivity index (χ1n) is 8.39. The number of amides is 2. The number of anilines is 1. The second-order valence-electron chi connectivity index (χ2n) is 6.00. The molecule has 0 bridgehead atoms. The largest absolute Gasteiger partial charge is 0.497 e. The molecule has 24 heavy (non-hydrogen) atoms. The Morgan fingerprint density at radius 3 is 2.75 bits per heavy atom. The zero-order chi connectivity index (χ0) is 17.5. The van der Waals surface area contributed by atoms with Crippen molar-refractivity contribution in [2.24, 2.45) is 5.92 Å². The van der Waals surface area contributed by atoms with Gasteiger partial charge in [-0.25, -0.2) is 0 Å². The number of hydrogen-bond acceptors (Lipinski definition) is 4. The maximum Gasteiger partial charge on any atom is 0.229 e. The molecule has 1 aromatic carbocycles. The van der Waals surface area contributed by atoms with E-state index in [9.17, 15) is 9.59 Å². The Bertz CT molecular complexity index is 588. The quantitative estimate of drug-likeness (QED) is 0.742. The number of nitrogens with one attached hydrogen (secondary N) is 1. The first-order chi connectivity index (χ1) is 11.6. The van der Waals surface area contributed by atoms with Gasteiger partial charge in [0.15, 0.2) is 0 Å². The highest BCUT2D eigenvalue weighted by Crippen LogP contribution is 2.30. The molecule has 6 heteroatoms. The fourth-order valence-electron chi connectivity index (χ4n) is 2.86. The van der Waals surface area contributed by atoms with Crippen molar-refractivity contribution in [2.75, 3.05) is 32.6 Å². The van der Waals surface area contributed by atoms with Crippen molar-refractivity contribution in [3.8, 4) is 11.5 Å². The number of ether oxygens (including phenoxy) is 2. The number of unbranched alkanes of at least 4 members (excludes halogenated alkanes) is 2. The van der Waals surface area contributed by atoms with E-state index in [1.807, 2.05) is 0 Å². The molecule has 1 atom stereocenters. The van der Waals surface area contributed by atoms with Crippen LogP contribution in [0.5, 0.6) is 11.5 Å². The first-order valence-corrected chi connectivity index (χ1v) is 8.39. The molecule has 1 heterocycles. The van der Waals surface area contributed by atoms with Gasteiger partial charge < -0.3 is 19.7 Å². The maximum atomic E-state index is 12.5. The molecule has 0 saturated carbocycles. The van der Waals surface area contributed by atoms with Crippen LogP contribution in [0, 0.1) is 5.92 Å². The number of nitrogens with zero attached hydrogens (tertiary/aromatic N) is 1. The Kier molecular flexibility index (Phi) is 6.46. The van der Waals surface area contributed by atoms with E-state index in [0.29, 0.717) is 23.7 Å². The molecule has 2 rings (SSSR count). The maximum absolute atomic E-state index is 12.5. The number of rotatable bonds is 8. The lowest BCUT2D eigenvalue weighted by molar-refractivity contribution is -0.128. The van der Waals surface area contributed by atoms with Crippen LogP contribution < -0.4 is 14.8 Å². The molecule has 2 amide bonds. The summed E-state index contributed by atoms with van der Waals surface area (Å²) >= 11 is 0. The lowest BCUT2D eigenvalue weighted by Gasteiger charge is -2.17. The van der Waals surface area contributed by atoms with Gasteiger partial charge in [-0.2, -0.15) is 0 Å². The third-order valence-electron chi connectivity index (χ3n) is 4.28. The van der Waals surface area contributed by atoms with Gasteiger partial charge in [0.25, 0.3) is 0 Å². The third kappa shape index (κ3) is 4.40. The standard InChI is InChI=1S/C18H26N2O4/c1-4-5-6-9-20-12-13(10-17(20)21)18(22)19-15-11-14(23-2)7-8-16(15)24-3/h7-8,11,13H,4-6,9-10,12H2,1-3H3,(H,19,22). The SMILES string of the molecule is CCCCCN1CC(C(=O)Nc2cc(OC)ccc2OC)CC1=O. The molecule has 1 unspecified atom stereocenters. The van der Waals surface area contributed by atoms with Crippen molar-refractivity contribution in [1.82, 2.24) is 4.90 Å². The van der Waals surface area contributed by atoms with E-state index < -0.39 is 0 Å². The average Bonchev–Trinajstić information content (AvgIpc) is 2.96. The fourth-order valence-corrected chi connectivity index (χ4v) is 2.86. The zero-order valence-corrected chi connectivity index (χ0v) is 14.6. The van der Waals surface area contributed by atoms with Crippen LogP contribution in [-0.4, -0.2) is 44.0 Å². The first kappa shape index (κ1) is 18.1. The van der Waals surface area contributed by atoms with Crippen LogP contribution in [0.1, 0.15) is 32.6 Å². The summed E-state index contributed by atoms with van der Waals surface area (Å²) in [4.78, 5) is 26.4. The van der Waals surface area contributed by atoms with Crippen LogP contribution in [0.25, 0.3) is 0 Å². The number of carbonyl (C=O) groups is 2. The van der Waals surface area contributed by atoms with Crippen molar-refractivity contribution >= 4 is 17.5 Å². The predicted molar refractivity (Wildman–Crippen MR) is 92.4 cm³/mol. The van der Waals surface area contributed by atoms with Crippen LogP contribution >= 0.6 is 0 Å². The van der Waals surface area contributed by atoms with Crippen molar-refractivity contribution in [3.05, 3.63) is 18.2 Å². The van der Waals surface area contributed by atoms with E-state index in [2.05, 4.69) is 12.2 Å². The molecule has 0 spiro atoms. The summed E-state index contributed by atoms with van der Waals surface area (Å²) in [5.74, 6) is 0.773. The van der Waals surface area contributed by atoms with Crippen LogP contribution in [0.2, 0.25) is 0 Å². The van der Waals surface area contributed by atoms with Gasteiger partial charge in [0.2, 0.25) is 11.8 Å². The Morgan fingerprint density at radius 1 is 1.29 bits per heavy atom. The second-order valence-corrected chi connectivity index (χ2v) is 6.00. The van der Waals surface area contributed by atoms with Crippen molar-refractivity contribution in [3.63, 3.8) is 0 Å². The highest BCUT2D eigenvalue weighted by atomic mass is 16.5. The minimum atomic E-state index is -0.324. The summed E-state index contributed by atoms with van der Waals surface area (Å²) in [5.41, 5.74) is 0.554. The molecule has 6 nitrogen and oxygen atoms in total. The number of benzene rings is 1. The molecule has 1 aliphatic heterocycles. The average molecular weight is 334 g/mol. The smallest absolute Gasteiger partial charge is 0.229 e. The minimum absolute atomic E-state index is 0.0591. The summed E-state index contributed by atoms with van der Waals surface area (Å²) in [7, 11) is 3.11. The molecular weight excluding hydrogens is 308 g/mol. The van der Waals surface area contributed by atoms with Crippen molar-refractivity contribution < 1.29 is 19.1 Å². The summed E-state index contributed by atoms with van der Waals surface area (Å²) in [6.07, 6.45) is 3.47. The molecule has 132 valence electrons. The Labute approximate surface area is 143 Å². The molecule has 1 N–H and O–H groups in total. The molecule has 0 aromatic heterocycles. The van der Waals surface area contributed by atoms with Crippen LogP contribution in [0.15, 0.2) is 18.2 Å². The van der Waals surface area contributed by atoms with Gasteiger partial charge in [0, 0.05) is 25.6 Å².